The average molecular weight is 342 g/mol. The smallest absolute Gasteiger partial charge is 0.293 e. The van der Waals surface area contributed by atoms with Crippen molar-refractivity contribution in [2.24, 2.45) is 5.92 Å². The standard InChI is InChI=1S/C14H20BrN3O2/c1-9(2)3-5-17-6-4-10-11(8-17)14(16)13(18(19)20)7-12(10)15/h7,9H,3-6,8,16H2,1-2H3. The van der Waals surface area contributed by atoms with E-state index < -0.39 is 4.92 Å². The van der Waals surface area contributed by atoms with Crippen molar-refractivity contribution in [2.45, 2.75) is 33.2 Å². The van der Waals surface area contributed by atoms with Gasteiger partial charge in [-0.05, 0) is 30.9 Å². The molecule has 0 amide bonds. The maximum atomic E-state index is 11.0. The summed E-state index contributed by atoms with van der Waals surface area (Å²) >= 11 is 3.44. The summed E-state index contributed by atoms with van der Waals surface area (Å²) in [6.07, 6.45) is 2.02. The summed E-state index contributed by atoms with van der Waals surface area (Å²) < 4.78 is 0.803. The molecule has 1 aliphatic rings. The van der Waals surface area contributed by atoms with Crippen molar-refractivity contribution in [1.29, 1.82) is 0 Å². The number of rotatable bonds is 4. The predicted octanol–water partition coefficient (Wildman–Crippen LogP) is 3.34. The quantitative estimate of drug-likeness (QED) is 0.517. The number of nitrogens with zero attached hydrogens (tertiary/aromatic N) is 2. The highest BCUT2D eigenvalue weighted by Crippen LogP contribution is 2.37. The summed E-state index contributed by atoms with van der Waals surface area (Å²) in [5, 5.41) is 11.0. The molecule has 1 heterocycles. The molecule has 20 heavy (non-hydrogen) atoms. The van der Waals surface area contributed by atoms with Crippen molar-refractivity contribution in [2.75, 3.05) is 18.8 Å². The minimum atomic E-state index is -0.409. The van der Waals surface area contributed by atoms with Gasteiger partial charge in [0.05, 0.1) is 4.92 Å². The Labute approximate surface area is 127 Å². The van der Waals surface area contributed by atoms with Gasteiger partial charge in [-0.25, -0.2) is 0 Å². The number of benzene rings is 1. The lowest BCUT2D eigenvalue weighted by atomic mass is 9.96. The van der Waals surface area contributed by atoms with Gasteiger partial charge in [-0.1, -0.05) is 29.8 Å². The summed E-state index contributed by atoms with van der Waals surface area (Å²) in [5.41, 5.74) is 8.36. The molecule has 0 saturated carbocycles. The summed E-state index contributed by atoms with van der Waals surface area (Å²) in [5.74, 6) is 0.658. The first kappa shape index (κ1) is 15.3. The number of hydrogen-bond donors (Lipinski definition) is 1. The van der Waals surface area contributed by atoms with E-state index in [0.717, 1.165) is 41.5 Å². The highest BCUT2D eigenvalue weighted by atomic mass is 79.9. The molecule has 0 aromatic heterocycles. The van der Waals surface area contributed by atoms with E-state index in [1.165, 1.54) is 6.07 Å². The highest BCUT2D eigenvalue weighted by molar-refractivity contribution is 9.10. The van der Waals surface area contributed by atoms with E-state index in [4.69, 9.17) is 5.73 Å². The fourth-order valence-electron chi connectivity index (χ4n) is 2.55. The molecule has 0 spiro atoms. The monoisotopic (exact) mass is 341 g/mol. The van der Waals surface area contributed by atoms with E-state index in [9.17, 15) is 10.1 Å². The van der Waals surface area contributed by atoms with E-state index >= 15 is 0 Å². The molecule has 6 heteroatoms. The number of halogens is 1. The van der Waals surface area contributed by atoms with Crippen molar-refractivity contribution in [3.8, 4) is 0 Å². The number of nitro benzene ring substituents is 1. The number of anilines is 1. The topological polar surface area (TPSA) is 72.4 Å². The molecule has 5 nitrogen and oxygen atoms in total. The predicted molar refractivity (Wildman–Crippen MR) is 83.6 cm³/mol. The number of fused-ring (bicyclic) bond motifs is 1. The number of nitrogen functional groups attached to an aromatic ring is 1. The SMILES string of the molecule is CC(C)CCN1CCc2c(Br)cc([N+](=O)[O-])c(N)c2C1. The van der Waals surface area contributed by atoms with Gasteiger partial charge in [0.1, 0.15) is 5.69 Å². The molecule has 0 bridgehead atoms. The van der Waals surface area contributed by atoms with Gasteiger partial charge in [0.25, 0.3) is 5.69 Å². The van der Waals surface area contributed by atoms with Crippen LogP contribution in [0.4, 0.5) is 11.4 Å². The molecule has 110 valence electrons. The summed E-state index contributed by atoms with van der Waals surface area (Å²) in [4.78, 5) is 13.0. The van der Waals surface area contributed by atoms with Crippen LogP contribution in [0.1, 0.15) is 31.4 Å². The second-order valence-electron chi connectivity index (χ2n) is 5.71. The number of nitro groups is 1. The zero-order valence-corrected chi connectivity index (χ0v) is 13.4. The van der Waals surface area contributed by atoms with Crippen LogP contribution < -0.4 is 5.73 Å². The Morgan fingerprint density at radius 2 is 2.20 bits per heavy atom. The molecule has 2 N–H and O–H groups in total. The van der Waals surface area contributed by atoms with Crippen LogP contribution in [0, 0.1) is 16.0 Å². The Morgan fingerprint density at radius 3 is 2.80 bits per heavy atom. The maximum absolute atomic E-state index is 11.0. The molecular formula is C14H20BrN3O2. The van der Waals surface area contributed by atoms with Crippen LogP contribution in [-0.2, 0) is 13.0 Å². The summed E-state index contributed by atoms with van der Waals surface area (Å²) in [7, 11) is 0. The van der Waals surface area contributed by atoms with Crippen molar-refractivity contribution >= 4 is 27.3 Å². The second kappa shape index (κ2) is 6.10. The van der Waals surface area contributed by atoms with Gasteiger partial charge in [0, 0.05) is 29.2 Å². The summed E-state index contributed by atoms with van der Waals surface area (Å²) in [6.45, 7) is 7.10. The Kier molecular flexibility index (Phi) is 4.65. The molecule has 0 atom stereocenters. The van der Waals surface area contributed by atoms with Crippen molar-refractivity contribution in [3.05, 3.63) is 31.8 Å². The van der Waals surface area contributed by atoms with E-state index in [2.05, 4.69) is 34.7 Å². The minimum Gasteiger partial charge on any atom is -0.393 e. The third kappa shape index (κ3) is 3.12. The van der Waals surface area contributed by atoms with Crippen LogP contribution in [0.2, 0.25) is 0 Å². The molecule has 2 rings (SSSR count). The largest absolute Gasteiger partial charge is 0.393 e. The van der Waals surface area contributed by atoms with Crippen LogP contribution in [0.5, 0.6) is 0 Å². The van der Waals surface area contributed by atoms with E-state index in [-0.39, 0.29) is 5.69 Å². The average Bonchev–Trinajstić information content (AvgIpc) is 2.40. The molecule has 1 aliphatic heterocycles. The number of nitrogens with two attached hydrogens (primary N) is 1. The lowest BCUT2D eigenvalue weighted by Crippen LogP contribution is -2.32. The first-order valence-corrected chi connectivity index (χ1v) is 7.66. The van der Waals surface area contributed by atoms with Crippen molar-refractivity contribution in [3.63, 3.8) is 0 Å². The Hall–Kier alpha value is -1.14. The van der Waals surface area contributed by atoms with Gasteiger partial charge in [0.15, 0.2) is 0 Å². The van der Waals surface area contributed by atoms with Crippen molar-refractivity contribution < 1.29 is 4.92 Å². The van der Waals surface area contributed by atoms with Crippen LogP contribution in [0.3, 0.4) is 0 Å². The van der Waals surface area contributed by atoms with Crippen LogP contribution in [0.15, 0.2) is 10.5 Å². The Balaban J connectivity index is 2.27. The molecule has 1 aromatic rings. The fraction of sp³-hybridized carbons (Fsp3) is 0.571. The molecule has 0 fully saturated rings. The van der Waals surface area contributed by atoms with E-state index in [1.54, 1.807) is 0 Å². The fourth-order valence-corrected chi connectivity index (χ4v) is 3.21. The van der Waals surface area contributed by atoms with Gasteiger partial charge in [0.2, 0.25) is 0 Å². The maximum Gasteiger partial charge on any atom is 0.293 e. The van der Waals surface area contributed by atoms with Crippen LogP contribution in [-0.4, -0.2) is 22.9 Å². The second-order valence-corrected chi connectivity index (χ2v) is 6.57. The first-order chi connectivity index (χ1) is 9.40. The van der Waals surface area contributed by atoms with Gasteiger partial charge < -0.3 is 5.73 Å². The molecule has 1 aromatic carbocycles. The Morgan fingerprint density at radius 1 is 1.50 bits per heavy atom. The lowest BCUT2D eigenvalue weighted by molar-refractivity contribution is -0.384. The molecule has 0 radical (unpaired) electrons. The van der Waals surface area contributed by atoms with Gasteiger partial charge in [-0.15, -0.1) is 0 Å². The minimum absolute atomic E-state index is 0.00124. The van der Waals surface area contributed by atoms with Gasteiger partial charge in [-0.3, -0.25) is 15.0 Å². The lowest BCUT2D eigenvalue weighted by Gasteiger charge is -2.30. The normalized spacial score (nSPS) is 15.4. The zero-order chi connectivity index (χ0) is 14.9. The van der Waals surface area contributed by atoms with Gasteiger partial charge >= 0.3 is 0 Å². The molecular weight excluding hydrogens is 322 g/mol. The van der Waals surface area contributed by atoms with Crippen molar-refractivity contribution in [1.82, 2.24) is 4.90 Å². The van der Waals surface area contributed by atoms with E-state index in [1.807, 2.05) is 0 Å². The van der Waals surface area contributed by atoms with E-state index in [0.29, 0.717) is 18.2 Å². The zero-order valence-electron chi connectivity index (χ0n) is 11.9. The third-order valence-corrected chi connectivity index (χ3v) is 4.50. The van der Waals surface area contributed by atoms with Crippen LogP contribution in [0.25, 0.3) is 0 Å². The number of hydrogen-bond acceptors (Lipinski definition) is 4. The van der Waals surface area contributed by atoms with Crippen LogP contribution >= 0.6 is 15.9 Å². The highest BCUT2D eigenvalue weighted by Gasteiger charge is 2.26. The Bertz CT molecular complexity index is 532. The summed E-state index contributed by atoms with van der Waals surface area (Å²) in [6, 6.07) is 1.53. The molecule has 0 unspecified atom stereocenters. The molecule has 0 saturated heterocycles. The molecule has 0 aliphatic carbocycles. The third-order valence-electron chi connectivity index (χ3n) is 3.80. The first-order valence-electron chi connectivity index (χ1n) is 6.86. The van der Waals surface area contributed by atoms with Gasteiger partial charge in [-0.2, -0.15) is 0 Å².